The van der Waals surface area contributed by atoms with Crippen LogP contribution in [-0.2, 0) is 9.53 Å². The van der Waals surface area contributed by atoms with E-state index < -0.39 is 12.3 Å². The third kappa shape index (κ3) is 3.77. The monoisotopic (exact) mass is 220 g/mol. The summed E-state index contributed by atoms with van der Waals surface area (Å²) in [6, 6.07) is 9.21. The van der Waals surface area contributed by atoms with Crippen LogP contribution in [0.15, 0.2) is 42.5 Å². The highest BCUT2D eigenvalue weighted by Gasteiger charge is 2.12. The van der Waals surface area contributed by atoms with E-state index in [0.717, 1.165) is 0 Å². The second-order valence-electron chi connectivity index (χ2n) is 3.36. The highest BCUT2D eigenvalue weighted by atomic mass is 16.7. The van der Waals surface area contributed by atoms with Crippen molar-refractivity contribution in [3.05, 3.63) is 42.5 Å². The van der Waals surface area contributed by atoms with Crippen molar-refractivity contribution >= 4 is 5.97 Å². The molecule has 3 nitrogen and oxygen atoms in total. The van der Waals surface area contributed by atoms with Crippen LogP contribution in [0.3, 0.4) is 0 Å². The molecule has 0 aliphatic heterocycles. The van der Waals surface area contributed by atoms with E-state index in [1.54, 1.807) is 19.1 Å². The van der Waals surface area contributed by atoms with Gasteiger partial charge < -0.3 is 9.47 Å². The number of carbonyl (C=O) groups excluding carboxylic acids is 1. The van der Waals surface area contributed by atoms with Crippen LogP contribution in [-0.4, -0.2) is 12.3 Å². The van der Waals surface area contributed by atoms with Crippen molar-refractivity contribution in [2.45, 2.75) is 26.6 Å². The molecule has 0 bridgehead atoms. The first-order chi connectivity index (χ1) is 7.63. The summed E-state index contributed by atoms with van der Waals surface area (Å²) in [5, 5.41) is 0. The van der Waals surface area contributed by atoms with Gasteiger partial charge in [0.1, 0.15) is 5.75 Å². The molecule has 1 rings (SSSR count). The van der Waals surface area contributed by atoms with Crippen LogP contribution in [0, 0.1) is 0 Å². The Morgan fingerprint density at radius 2 is 2.00 bits per heavy atom. The molecule has 0 amide bonds. The Bertz CT molecular complexity index is 357. The Morgan fingerprint density at radius 1 is 1.38 bits per heavy atom. The molecule has 16 heavy (non-hydrogen) atoms. The molecule has 0 aromatic heterocycles. The van der Waals surface area contributed by atoms with Gasteiger partial charge in [-0.25, -0.2) is 4.79 Å². The molecule has 0 heterocycles. The molecule has 1 unspecified atom stereocenters. The van der Waals surface area contributed by atoms with E-state index in [1.807, 2.05) is 25.1 Å². The molecule has 86 valence electrons. The number of benzene rings is 1. The fourth-order valence-electron chi connectivity index (χ4n) is 1.09. The topological polar surface area (TPSA) is 35.5 Å². The quantitative estimate of drug-likeness (QED) is 0.435. The van der Waals surface area contributed by atoms with Gasteiger partial charge in [-0.3, -0.25) is 0 Å². The van der Waals surface area contributed by atoms with Crippen LogP contribution in [0.1, 0.15) is 20.3 Å². The lowest BCUT2D eigenvalue weighted by Crippen LogP contribution is -2.21. The third-order valence-corrected chi connectivity index (χ3v) is 2.03. The molecule has 0 spiro atoms. The van der Waals surface area contributed by atoms with Crippen molar-refractivity contribution in [3.63, 3.8) is 0 Å². The number of ether oxygens (including phenoxy) is 2. The van der Waals surface area contributed by atoms with Gasteiger partial charge in [0.25, 0.3) is 0 Å². The van der Waals surface area contributed by atoms with Gasteiger partial charge in [0.15, 0.2) is 0 Å². The second kappa shape index (κ2) is 5.95. The minimum absolute atomic E-state index is 0.411. The molecule has 0 saturated heterocycles. The molecule has 3 heteroatoms. The summed E-state index contributed by atoms with van der Waals surface area (Å²) in [7, 11) is 0. The maximum absolute atomic E-state index is 11.4. The van der Waals surface area contributed by atoms with Crippen LogP contribution in [0.4, 0.5) is 0 Å². The highest BCUT2D eigenvalue weighted by Crippen LogP contribution is 2.12. The zero-order valence-corrected chi connectivity index (χ0v) is 9.60. The smallest absolute Gasteiger partial charge is 0.336 e. The van der Waals surface area contributed by atoms with Crippen LogP contribution in [0.5, 0.6) is 5.75 Å². The Hall–Kier alpha value is -1.77. The number of esters is 1. The predicted octanol–water partition coefficient (Wildman–Crippen LogP) is 2.92. The molecule has 1 aromatic rings. The Morgan fingerprint density at radius 3 is 2.56 bits per heavy atom. The highest BCUT2D eigenvalue weighted by molar-refractivity contribution is 5.87. The van der Waals surface area contributed by atoms with E-state index in [2.05, 4.69) is 6.58 Å². The lowest BCUT2D eigenvalue weighted by atomic mass is 10.2. The second-order valence-corrected chi connectivity index (χ2v) is 3.36. The molecule has 0 N–H and O–H groups in total. The van der Waals surface area contributed by atoms with E-state index in [9.17, 15) is 4.79 Å². The average Bonchev–Trinajstić information content (AvgIpc) is 2.29. The van der Waals surface area contributed by atoms with Crippen molar-refractivity contribution < 1.29 is 14.3 Å². The summed E-state index contributed by atoms with van der Waals surface area (Å²) in [5.74, 6) is 0.260. The lowest BCUT2D eigenvalue weighted by Gasteiger charge is -2.15. The number of carbonyl (C=O) groups is 1. The minimum atomic E-state index is -0.613. The van der Waals surface area contributed by atoms with Gasteiger partial charge in [0, 0.05) is 12.5 Å². The zero-order valence-electron chi connectivity index (χ0n) is 9.60. The maximum atomic E-state index is 11.4. The molecule has 0 radical (unpaired) electrons. The molecular formula is C13H16O3. The lowest BCUT2D eigenvalue weighted by molar-refractivity contribution is -0.156. The standard InChI is InChI=1S/C13H16O3/c1-4-10(2)13(14)16-11(3)15-12-8-6-5-7-9-12/h5-9,11H,2,4H2,1,3H3. The van der Waals surface area contributed by atoms with Crippen LogP contribution in [0.2, 0.25) is 0 Å². The fraction of sp³-hybridized carbons (Fsp3) is 0.308. The van der Waals surface area contributed by atoms with Gasteiger partial charge in [-0.1, -0.05) is 31.7 Å². The van der Waals surface area contributed by atoms with E-state index in [0.29, 0.717) is 17.7 Å². The van der Waals surface area contributed by atoms with Gasteiger partial charge in [0.05, 0.1) is 0 Å². The third-order valence-electron chi connectivity index (χ3n) is 2.03. The van der Waals surface area contributed by atoms with Crippen molar-refractivity contribution in [2.24, 2.45) is 0 Å². The predicted molar refractivity (Wildman–Crippen MR) is 62.1 cm³/mol. The molecule has 0 aliphatic carbocycles. The molecule has 0 aliphatic rings. The summed E-state index contributed by atoms with van der Waals surface area (Å²) in [6.07, 6.45) is -0.0325. The van der Waals surface area contributed by atoms with Crippen molar-refractivity contribution in [1.82, 2.24) is 0 Å². The Labute approximate surface area is 95.7 Å². The van der Waals surface area contributed by atoms with Gasteiger partial charge in [-0.15, -0.1) is 0 Å². The summed E-state index contributed by atoms with van der Waals surface area (Å²) in [5.41, 5.74) is 0.448. The van der Waals surface area contributed by atoms with Crippen molar-refractivity contribution in [1.29, 1.82) is 0 Å². The van der Waals surface area contributed by atoms with Crippen molar-refractivity contribution in [2.75, 3.05) is 0 Å². The van der Waals surface area contributed by atoms with Crippen LogP contribution in [0.25, 0.3) is 0 Å². The summed E-state index contributed by atoms with van der Waals surface area (Å²) >= 11 is 0. The number of para-hydroxylation sites is 1. The largest absolute Gasteiger partial charge is 0.455 e. The normalized spacial score (nSPS) is 11.6. The number of hydrogen-bond donors (Lipinski definition) is 0. The number of rotatable bonds is 5. The van der Waals surface area contributed by atoms with Gasteiger partial charge in [-0.2, -0.15) is 0 Å². The Balaban J connectivity index is 2.45. The molecule has 0 fully saturated rings. The van der Waals surface area contributed by atoms with E-state index >= 15 is 0 Å². The van der Waals surface area contributed by atoms with E-state index in [-0.39, 0.29) is 0 Å². The molecule has 0 saturated carbocycles. The van der Waals surface area contributed by atoms with Gasteiger partial charge in [0.2, 0.25) is 6.29 Å². The zero-order chi connectivity index (χ0) is 12.0. The Kier molecular flexibility index (Phi) is 4.58. The summed E-state index contributed by atoms with van der Waals surface area (Å²) in [6.45, 7) is 7.13. The fourth-order valence-corrected chi connectivity index (χ4v) is 1.09. The van der Waals surface area contributed by atoms with Gasteiger partial charge >= 0.3 is 5.97 Å². The molecular weight excluding hydrogens is 204 g/mol. The SMILES string of the molecule is C=C(CC)C(=O)OC(C)Oc1ccccc1. The molecule has 1 aromatic carbocycles. The molecule has 1 atom stereocenters. The maximum Gasteiger partial charge on any atom is 0.336 e. The number of hydrogen-bond acceptors (Lipinski definition) is 3. The first kappa shape index (κ1) is 12.3. The summed E-state index contributed by atoms with van der Waals surface area (Å²) in [4.78, 5) is 11.4. The first-order valence-corrected chi connectivity index (χ1v) is 5.24. The van der Waals surface area contributed by atoms with Crippen LogP contribution >= 0.6 is 0 Å². The van der Waals surface area contributed by atoms with Crippen molar-refractivity contribution in [3.8, 4) is 5.75 Å². The van der Waals surface area contributed by atoms with Gasteiger partial charge in [-0.05, 0) is 18.6 Å². The first-order valence-electron chi connectivity index (χ1n) is 5.24. The average molecular weight is 220 g/mol. The van der Waals surface area contributed by atoms with Crippen LogP contribution < -0.4 is 4.74 Å². The summed E-state index contributed by atoms with van der Waals surface area (Å²) < 4.78 is 10.4. The van der Waals surface area contributed by atoms with E-state index in [4.69, 9.17) is 9.47 Å². The van der Waals surface area contributed by atoms with E-state index in [1.165, 1.54) is 0 Å². The minimum Gasteiger partial charge on any atom is -0.455 e.